The Morgan fingerprint density at radius 1 is 1.16 bits per heavy atom. The predicted octanol–water partition coefficient (Wildman–Crippen LogP) is 2.22. The van der Waals surface area contributed by atoms with Crippen LogP contribution >= 0.6 is 0 Å². The number of amides is 1. The van der Waals surface area contributed by atoms with Crippen LogP contribution in [0.5, 0.6) is 0 Å². The average molecular weight is 342 g/mol. The van der Waals surface area contributed by atoms with Crippen molar-refractivity contribution in [3.8, 4) is 0 Å². The molecule has 2 heterocycles. The molecule has 1 N–H and O–H groups in total. The Morgan fingerprint density at radius 3 is 2.52 bits per heavy atom. The molecule has 0 aliphatic carbocycles. The summed E-state index contributed by atoms with van der Waals surface area (Å²) < 4.78 is 13.0. The number of benzene rings is 1. The lowest BCUT2D eigenvalue weighted by Gasteiger charge is -2.35. The topological polar surface area (TPSA) is 48.5 Å². The number of rotatable bonds is 5. The minimum Gasteiger partial charge on any atom is -0.354 e. The molecule has 6 heteroatoms. The SMILES string of the molecule is C[C@H](NC(=O)CN1CCN(c2ccccn2)CC1)c1ccc(F)cc1. The first kappa shape index (κ1) is 17.4. The molecule has 5 nitrogen and oxygen atoms in total. The highest BCUT2D eigenvalue weighted by molar-refractivity contribution is 5.78. The zero-order chi connectivity index (χ0) is 17.6. The number of nitrogens with one attached hydrogen (secondary N) is 1. The van der Waals surface area contributed by atoms with Crippen molar-refractivity contribution < 1.29 is 9.18 Å². The van der Waals surface area contributed by atoms with E-state index in [4.69, 9.17) is 0 Å². The second kappa shape index (κ2) is 8.07. The first-order valence-electron chi connectivity index (χ1n) is 8.55. The minimum absolute atomic E-state index is 0.0110. The predicted molar refractivity (Wildman–Crippen MR) is 95.8 cm³/mol. The van der Waals surface area contributed by atoms with Crippen LogP contribution in [0.4, 0.5) is 10.2 Å². The molecular weight excluding hydrogens is 319 g/mol. The van der Waals surface area contributed by atoms with Gasteiger partial charge in [-0.25, -0.2) is 9.37 Å². The van der Waals surface area contributed by atoms with Gasteiger partial charge in [0.2, 0.25) is 5.91 Å². The maximum absolute atomic E-state index is 13.0. The van der Waals surface area contributed by atoms with E-state index in [1.54, 1.807) is 18.3 Å². The maximum Gasteiger partial charge on any atom is 0.234 e. The number of hydrogen-bond donors (Lipinski definition) is 1. The number of carbonyl (C=O) groups is 1. The van der Waals surface area contributed by atoms with Crippen LogP contribution in [-0.4, -0.2) is 48.5 Å². The average Bonchev–Trinajstić information content (AvgIpc) is 2.63. The normalized spacial score (nSPS) is 16.5. The van der Waals surface area contributed by atoms with Gasteiger partial charge in [0.25, 0.3) is 0 Å². The van der Waals surface area contributed by atoms with E-state index >= 15 is 0 Å². The Balaban J connectivity index is 1.45. The van der Waals surface area contributed by atoms with E-state index < -0.39 is 0 Å². The standard InChI is InChI=1S/C19H23FN4O/c1-15(16-5-7-17(20)8-6-16)22-19(25)14-23-10-12-24(13-11-23)18-4-2-3-9-21-18/h2-9,15H,10-14H2,1H3,(H,22,25)/t15-/m0/s1. The van der Waals surface area contributed by atoms with Gasteiger partial charge < -0.3 is 10.2 Å². The Hall–Kier alpha value is -2.47. The second-order valence-corrected chi connectivity index (χ2v) is 6.29. The van der Waals surface area contributed by atoms with Crippen molar-refractivity contribution in [3.05, 3.63) is 60.0 Å². The van der Waals surface area contributed by atoms with E-state index in [0.717, 1.165) is 37.6 Å². The summed E-state index contributed by atoms with van der Waals surface area (Å²) in [4.78, 5) is 21.0. The number of pyridine rings is 1. The molecule has 1 aliphatic heterocycles. The molecule has 1 saturated heterocycles. The summed E-state index contributed by atoms with van der Waals surface area (Å²) >= 11 is 0. The largest absolute Gasteiger partial charge is 0.354 e. The molecule has 0 saturated carbocycles. The molecule has 1 aromatic carbocycles. The van der Waals surface area contributed by atoms with Gasteiger partial charge in [-0.3, -0.25) is 9.69 Å². The van der Waals surface area contributed by atoms with Crippen LogP contribution in [0.25, 0.3) is 0 Å². The van der Waals surface area contributed by atoms with Crippen molar-refractivity contribution in [1.29, 1.82) is 0 Å². The zero-order valence-corrected chi connectivity index (χ0v) is 14.4. The summed E-state index contributed by atoms with van der Waals surface area (Å²) in [6.07, 6.45) is 1.80. The molecule has 1 amide bonds. The van der Waals surface area contributed by atoms with Crippen LogP contribution in [0.3, 0.4) is 0 Å². The number of aromatic nitrogens is 1. The van der Waals surface area contributed by atoms with Crippen LogP contribution in [0.2, 0.25) is 0 Å². The molecule has 1 aromatic heterocycles. The fourth-order valence-electron chi connectivity index (χ4n) is 3.00. The Bertz CT molecular complexity index is 684. The van der Waals surface area contributed by atoms with E-state index in [0.29, 0.717) is 6.54 Å². The lowest BCUT2D eigenvalue weighted by atomic mass is 10.1. The van der Waals surface area contributed by atoms with Crippen molar-refractivity contribution in [2.75, 3.05) is 37.6 Å². The summed E-state index contributed by atoms with van der Waals surface area (Å²) in [6, 6.07) is 12.0. The van der Waals surface area contributed by atoms with Crippen molar-refractivity contribution in [1.82, 2.24) is 15.2 Å². The van der Waals surface area contributed by atoms with Gasteiger partial charge in [0, 0.05) is 32.4 Å². The van der Waals surface area contributed by atoms with Gasteiger partial charge in [-0.1, -0.05) is 18.2 Å². The lowest BCUT2D eigenvalue weighted by Crippen LogP contribution is -2.49. The molecule has 3 rings (SSSR count). The quantitative estimate of drug-likeness (QED) is 0.905. The van der Waals surface area contributed by atoms with Gasteiger partial charge in [-0.05, 0) is 36.8 Å². The Kier molecular flexibility index (Phi) is 5.60. The molecule has 0 spiro atoms. The van der Waals surface area contributed by atoms with Gasteiger partial charge in [0.1, 0.15) is 11.6 Å². The molecule has 0 radical (unpaired) electrons. The zero-order valence-electron chi connectivity index (χ0n) is 14.4. The third-order valence-electron chi connectivity index (χ3n) is 4.46. The third-order valence-corrected chi connectivity index (χ3v) is 4.46. The Labute approximate surface area is 147 Å². The second-order valence-electron chi connectivity index (χ2n) is 6.29. The summed E-state index contributed by atoms with van der Waals surface area (Å²) in [5.74, 6) is 0.702. The Morgan fingerprint density at radius 2 is 1.88 bits per heavy atom. The van der Waals surface area contributed by atoms with Crippen LogP contribution in [0, 0.1) is 5.82 Å². The minimum atomic E-state index is -0.270. The summed E-state index contributed by atoms with van der Waals surface area (Å²) in [7, 11) is 0. The van der Waals surface area contributed by atoms with Crippen molar-refractivity contribution in [2.45, 2.75) is 13.0 Å². The summed E-state index contributed by atoms with van der Waals surface area (Å²) in [5.41, 5.74) is 0.898. The lowest BCUT2D eigenvalue weighted by molar-refractivity contribution is -0.123. The smallest absolute Gasteiger partial charge is 0.234 e. The molecule has 1 atom stereocenters. The van der Waals surface area contributed by atoms with Gasteiger partial charge >= 0.3 is 0 Å². The number of piperazine rings is 1. The van der Waals surface area contributed by atoms with Crippen LogP contribution < -0.4 is 10.2 Å². The van der Waals surface area contributed by atoms with Crippen molar-refractivity contribution >= 4 is 11.7 Å². The molecule has 1 aliphatic rings. The van der Waals surface area contributed by atoms with E-state index in [1.165, 1.54) is 12.1 Å². The highest BCUT2D eigenvalue weighted by atomic mass is 19.1. The monoisotopic (exact) mass is 342 g/mol. The highest BCUT2D eigenvalue weighted by Gasteiger charge is 2.20. The summed E-state index contributed by atoms with van der Waals surface area (Å²) in [5, 5.41) is 2.98. The summed E-state index contributed by atoms with van der Waals surface area (Å²) in [6.45, 7) is 5.66. The third kappa shape index (κ3) is 4.76. The van der Waals surface area contributed by atoms with Gasteiger partial charge in [-0.2, -0.15) is 0 Å². The first-order chi connectivity index (χ1) is 12.1. The molecule has 132 valence electrons. The molecule has 25 heavy (non-hydrogen) atoms. The number of hydrogen-bond acceptors (Lipinski definition) is 4. The van der Waals surface area contributed by atoms with Crippen molar-refractivity contribution in [2.24, 2.45) is 0 Å². The number of halogens is 1. The maximum atomic E-state index is 13.0. The number of carbonyl (C=O) groups excluding carboxylic acids is 1. The van der Waals surface area contributed by atoms with E-state index in [9.17, 15) is 9.18 Å². The van der Waals surface area contributed by atoms with Crippen LogP contribution in [0.15, 0.2) is 48.7 Å². The van der Waals surface area contributed by atoms with Crippen LogP contribution in [-0.2, 0) is 4.79 Å². The molecule has 2 aromatic rings. The first-order valence-corrected chi connectivity index (χ1v) is 8.55. The fourth-order valence-corrected chi connectivity index (χ4v) is 3.00. The van der Waals surface area contributed by atoms with Crippen molar-refractivity contribution in [3.63, 3.8) is 0 Å². The molecule has 0 bridgehead atoms. The number of nitrogens with zero attached hydrogens (tertiary/aromatic N) is 3. The molecule has 1 fully saturated rings. The molecule has 0 unspecified atom stereocenters. The van der Waals surface area contributed by atoms with E-state index in [2.05, 4.69) is 20.1 Å². The van der Waals surface area contributed by atoms with E-state index in [1.807, 2.05) is 25.1 Å². The molecular formula is C19H23FN4O. The van der Waals surface area contributed by atoms with Crippen LogP contribution in [0.1, 0.15) is 18.5 Å². The van der Waals surface area contributed by atoms with Gasteiger partial charge in [-0.15, -0.1) is 0 Å². The fraction of sp³-hybridized carbons (Fsp3) is 0.368. The van der Waals surface area contributed by atoms with Gasteiger partial charge in [0.05, 0.1) is 12.6 Å². The van der Waals surface area contributed by atoms with Gasteiger partial charge in [0.15, 0.2) is 0 Å². The van der Waals surface area contributed by atoms with E-state index in [-0.39, 0.29) is 17.8 Å². The number of anilines is 1. The highest BCUT2D eigenvalue weighted by Crippen LogP contribution is 2.14.